The maximum absolute atomic E-state index is 10.0. The quantitative estimate of drug-likeness (QED) is 0.0996. The summed E-state index contributed by atoms with van der Waals surface area (Å²) in [6.45, 7) is 0. The van der Waals surface area contributed by atoms with Gasteiger partial charge in [-0.25, -0.2) is 19.9 Å². The molecule has 0 unspecified atom stereocenters. The highest BCUT2D eigenvalue weighted by molar-refractivity contribution is 7.22. The Hall–Kier alpha value is -15.9. The molecule has 5 heterocycles. The molecule has 2 aromatic heterocycles. The number of aromatic nitrogens is 6. The molecular formula is C114H84BClN6O6Si3. The van der Waals surface area contributed by atoms with Crippen LogP contribution in [0, 0.1) is 0 Å². The molecule has 23 rings (SSSR count). The van der Waals surface area contributed by atoms with E-state index in [1.165, 1.54) is 51.9 Å². The second-order valence-electron chi connectivity index (χ2n) is 31.3. The molecule has 2 N–H and O–H groups in total. The van der Waals surface area contributed by atoms with Crippen LogP contribution in [-0.4, -0.2) is 71.3 Å². The summed E-state index contributed by atoms with van der Waals surface area (Å²) in [5.74, 6) is 9.68. The lowest BCUT2D eigenvalue weighted by Gasteiger charge is -2.40. The van der Waals surface area contributed by atoms with Crippen molar-refractivity contribution in [3.8, 4) is 103 Å². The van der Waals surface area contributed by atoms with Crippen LogP contribution < -0.4 is 86.7 Å². The topological polar surface area (TPSA) is 155 Å². The van der Waals surface area contributed by atoms with Gasteiger partial charge in [0.25, 0.3) is 0 Å². The molecule has 0 amide bonds. The first-order valence-corrected chi connectivity index (χ1v) is 49.7. The van der Waals surface area contributed by atoms with Crippen LogP contribution in [0.3, 0.4) is 0 Å². The minimum absolute atomic E-state index is 0.202. The second kappa shape index (κ2) is 39.1. The van der Waals surface area contributed by atoms with Crippen LogP contribution in [0.25, 0.3) is 56.9 Å². The van der Waals surface area contributed by atoms with Crippen molar-refractivity contribution in [1.82, 2.24) is 29.9 Å². The number of ether oxygens (including phenoxy) is 4. The number of hydrogen-bond acceptors (Lipinski definition) is 12. The summed E-state index contributed by atoms with van der Waals surface area (Å²) in [5.41, 5.74) is 4.94. The van der Waals surface area contributed by atoms with Crippen molar-refractivity contribution < 1.29 is 29.0 Å². The van der Waals surface area contributed by atoms with Gasteiger partial charge in [0.2, 0.25) is 5.28 Å². The van der Waals surface area contributed by atoms with Gasteiger partial charge in [0, 0.05) is 27.7 Å². The van der Waals surface area contributed by atoms with Crippen LogP contribution >= 0.6 is 11.6 Å². The monoisotopic (exact) mass is 1760 g/mol. The molecule has 17 heteroatoms. The molecule has 3 aliphatic rings. The minimum atomic E-state index is -2.79. The Balaban J connectivity index is 0.000000112. The fourth-order valence-electron chi connectivity index (χ4n) is 17.8. The summed E-state index contributed by atoms with van der Waals surface area (Å²) in [6.07, 6.45) is 0. The third-order valence-electron chi connectivity index (χ3n) is 23.5. The normalized spacial score (nSPS) is 12.6. The Labute approximate surface area is 769 Å². The van der Waals surface area contributed by atoms with Gasteiger partial charge in [-0.05, 0) is 128 Å². The second-order valence-corrected chi connectivity index (χ2v) is 42.8. The van der Waals surface area contributed by atoms with Gasteiger partial charge in [0.05, 0.1) is 5.56 Å². The lowest BCUT2D eigenvalue weighted by molar-refractivity contribution is 0.421. The lowest BCUT2D eigenvalue weighted by atomic mass is 9.79. The van der Waals surface area contributed by atoms with E-state index in [0.717, 1.165) is 78.4 Å². The average molecular weight is 1760 g/mol. The van der Waals surface area contributed by atoms with E-state index >= 15 is 0 Å². The van der Waals surface area contributed by atoms with Crippen LogP contribution in [0.1, 0.15) is 0 Å². The molecule has 0 spiro atoms. The fraction of sp³-hybridized carbons (Fsp3) is 0. The van der Waals surface area contributed by atoms with E-state index in [1.54, 1.807) is 6.07 Å². The maximum atomic E-state index is 10.0. The molecule has 0 bridgehead atoms. The molecule has 0 radical (unpaired) electrons. The highest BCUT2D eigenvalue weighted by Crippen LogP contribution is 2.39. The van der Waals surface area contributed by atoms with Crippen molar-refractivity contribution in [3.05, 3.63) is 503 Å². The van der Waals surface area contributed by atoms with Gasteiger partial charge in [-0.2, -0.15) is 9.97 Å². The summed E-state index contributed by atoms with van der Waals surface area (Å²) in [7, 11) is -9.50. The molecule has 628 valence electrons. The van der Waals surface area contributed by atoms with Crippen molar-refractivity contribution >= 4 is 111 Å². The third-order valence-corrected chi connectivity index (χ3v) is 38.2. The predicted molar refractivity (Wildman–Crippen MR) is 539 cm³/mol. The van der Waals surface area contributed by atoms with Crippen molar-refractivity contribution in [1.29, 1.82) is 0 Å². The molecular weight excluding hydrogens is 1680 g/mol. The van der Waals surface area contributed by atoms with E-state index in [1.807, 2.05) is 224 Å². The molecule has 0 fully saturated rings. The largest absolute Gasteiger partial charge is 0.492 e. The summed E-state index contributed by atoms with van der Waals surface area (Å²) >= 11 is 5.99. The minimum Gasteiger partial charge on any atom is -0.458 e. The zero-order valence-corrected chi connectivity index (χ0v) is 74.8. The Morgan fingerprint density at radius 1 is 0.214 bits per heavy atom. The fourth-order valence-corrected chi connectivity index (χ4v) is 32.9. The highest BCUT2D eigenvalue weighted by Gasteiger charge is 2.52. The number of benzene rings is 18. The Kier molecular flexibility index (Phi) is 25.3. The van der Waals surface area contributed by atoms with Crippen LogP contribution in [0.4, 0.5) is 0 Å². The van der Waals surface area contributed by atoms with Crippen molar-refractivity contribution in [2.45, 2.75) is 0 Å². The first kappa shape index (κ1) is 84.6. The standard InChI is InChI=1S/C39H27N3OSi.C24H19BO3Si.C24H18OSi.C15H10ClN3.C12H10O/c1-5-16-28(17-6-1)37-40-38(29-18-7-2-8-19-29)42-39(41-37)32-24-15-27-35-36(32)43-33-25-13-14-26-34(33)44(35,30-20-9-3-10-21-30)31-22-11-4-12-23-31;26-25(27)20-14-9-17-23-24(20)28-21-15-7-8-16-22(21)29(23,18-10-3-1-4-11-18)19-12-5-2-6-13-19;1-3-11-19(12-4-1)26(20-13-5-2-6-14-20)23-17-9-7-15-21(23)25-22-16-8-10-18-24(22)26;16-15-18-13(11-7-3-1-4-8-11)17-14(19-15)12-9-5-2-6-10-12;1-3-7-11(8-4-1)13-12-9-5-2-6-10-12/h1-27H;1-17,26-27H;1-18H;1-10H;1-10H. The van der Waals surface area contributed by atoms with Gasteiger partial charge >= 0.3 is 7.12 Å². The van der Waals surface area contributed by atoms with Gasteiger partial charge in [-0.3, -0.25) is 0 Å². The average Bonchev–Trinajstić information content (AvgIpc) is 0.682. The van der Waals surface area contributed by atoms with Gasteiger partial charge in [0.15, 0.2) is 53.3 Å². The first-order chi connectivity index (χ1) is 64.7. The van der Waals surface area contributed by atoms with Crippen LogP contribution in [0.5, 0.6) is 46.0 Å². The van der Waals surface area contributed by atoms with Crippen molar-refractivity contribution in [2.75, 3.05) is 0 Å². The van der Waals surface area contributed by atoms with Gasteiger partial charge in [0.1, 0.15) is 46.0 Å². The first-order valence-electron chi connectivity index (χ1n) is 43.3. The third kappa shape index (κ3) is 17.3. The van der Waals surface area contributed by atoms with E-state index in [9.17, 15) is 10.0 Å². The summed E-state index contributed by atoms with van der Waals surface area (Å²) in [6, 6.07) is 170. The van der Waals surface area contributed by atoms with E-state index in [-0.39, 0.29) is 5.28 Å². The van der Waals surface area contributed by atoms with Crippen LogP contribution in [-0.2, 0) is 0 Å². The van der Waals surface area contributed by atoms with E-state index < -0.39 is 31.3 Å². The predicted octanol–water partition coefficient (Wildman–Crippen LogP) is 17.7. The SMILES string of the molecule is Clc1nc(-c2ccccc2)nc(-c2ccccc2)n1.OB(O)c1cccc2c1Oc1ccccc1[Si]2(c1ccccc1)c1ccccc1.c1ccc(-c2nc(-c3ccccc3)nc(-c3cccc4c3Oc3ccccc3[Si]4(c3ccccc3)c3ccccc3)n2)cc1.c1ccc(Oc2ccccc2)cc1.c1ccc([Si]2(c3ccccc3)c3ccccc3Oc3ccccc32)cc1. The number of hydrogen-bond donors (Lipinski definition) is 2. The molecule has 12 nitrogen and oxygen atoms in total. The van der Waals surface area contributed by atoms with Gasteiger partial charge in [-0.1, -0.05) is 443 Å². The smallest absolute Gasteiger partial charge is 0.458 e. The summed E-state index contributed by atoms with van der Waals surface area (Å²) < 4.78 is 25.1. The Morgan fingerprint density at radius 2 is 0.443 bits per heavy atom. The molecule has 18 aromatic carbocycles. The summed E-state index contributed by atoms with van der Waals surface area (Å²) in [5, 5.41) is 35.3. The van der Waals surface area contributed by atoms with E-state index in [4.69, 9.17) is 45.5 Å². The van der Waals surface area contributed by atoms with Crippen molar-refractivity contribution in [2.24, 2.45) is 0 Å². The van der Waals surface area contributed by atoms with Gasteiger partial charge in [-0.15, -0.1) is 0 Å². The number of fused-ring (bicyclic) bond motifs is 6. The Morgan fingerprint density at radius 3 is 0.756 bits per heavy atom. The number of nitrogens with zero attached hydrogens (tertiary/aromatic N) is 6. The Bertz CT molecular complexity index is 6950. The van der Waals surface area contributed by atoms with E-state index in [2.05, 4.69) is 282 Å². The lowest BCUT2D eigenvalue weighted by Crippen LogP contribution is -2.76. The molecule has 0 aliphatic carbocycles. The number of para-hydroxylation sites is 8. The maximum Gasteiger partial charge on any atom is 0.492 e. The number of halogens is 1. The van der Waals surface area contributed by atoms with Crippen LogP contribution in [0.15, 0.2) is 497 Å². The molecule has 131 heavy (non-hydrogen) atoms. The molecule has 0 atom stereocenters. The zero-order chi connectivity index (χ0) is 88.6. The zero-order valence-electron chi connectivity index (χ0n) is 71.0. The number of rotatable bonds is 14. The molecule has 20 aromatic rings. The summed E-state index contributed by atoms with van der Waals surface area (Å²) in [4.78, 5) is 27.9. The van der Waals surface area contributed by atoms with Crippen molar-refractivity contribution in [3.63, 3.8) is 0 Å². The van der Waals surface area contributed by atoms with Crippen LogP contribution in [0.2, 0.25) is 5.28 Å². The molecule has 0 saturated carbocycles. The highest BCUT2D eigenvalue weighted by atomic mass is 35.5. The molecule has 3 aliphatic heterocycles. The van der Waals surface area contributed by atoms with Gasteiger partial charge < -0.3 is 29.0 Å². The molecule has 0 saturated heterocycles. The van der Waals surface area contributed by atoms with E-state index in [0.29, 0.717) is 40.3 Å².